The van der Waals surface area contributed by atoms with Gasteiger partial charge in [-0.05, 0) is 12.1 Å². The van der Waals surface area contributed by atoms with E-state index in [1.807, 2.05) is 0 Å². The summed E-state index contributed by atoms with van der Waals surface area (Å²) in [5.74, 6) is -1.69. The molecule has 0 radical (unpaired) electrons. The smallest absolute Gasteiger partial charge is 0.336 e. The molecule has 116 valence electrons. The molecule has 0 aromatic heterocycles. The van der Waals surface area contributed by atoms with Crippen molar-refractivity contribution in [1.29, 1.82) is 0 Å². The first kappa shape index (κ1) is 16.2. The fourth-order valence-electron chi connectivity index (χ4n) is 1.94. The number of carbonyl (C=O) groups is 1. The molecule has 21 heavy (non-hydrogen) atoms. The Labute approximate surface area is 126 Å². The first-order chi connectivity index (χ1) is 9.87. The van der Waals surface area contributed by atoms with E-state index < -0.39 is 32.8 Å². The predicted octanol–water partition coefficient (Wildman–Crippen LogP) is 1.04. The maximum atomic E-state index is 13.9. The summed E-state index contributed by atoms with van der Waals surface area (Å²) in [5, 5.41) is -0.283. The second kappa shape index (κ2) is 6.27. The fraction of sp³-hybridized carbons (Fsp3) is 0.417. The maximum Gasteiger partial charge on any atom is 0.336 e. The first-order valence-electron chi connectivity index (χ1n) is 6.01. The van der Waals surface area contributed by atoms with Crippen LogP contribution in [0.3, 0.4) is 0 Å². The van der Waals surface area contributed by atoms with Gasteiger partial charge in [0.25, 0.3) is 0 Å². The summed E-state index contributed by atoms with van der Waals surface area (Å²) in [7, 11) is -2.93. The van der Waals surface area contributed by atoms with Crippen molar-refractivity contribution >= 4 is 27.6 Å². The number of benzene rings is 1. The Morgan fingerprint density at radius 3 is 2.90 bits per heavy atom. The number of carbonyl (C=O) groups excluding carboxylic acids is 1. The molecule has 0 amide bonds. The molecule has 1 heterocycles. The largest absolute Gasteiger partial charge is 0.467 e. The number of nitrogens with zero attached hydrogens (tertiary/aromatic N) is 1. The van der Waals surface area contributed by atoms with Crippen LogP contribution in [0.15, 0.2) is 23.1 Å². The monoisotopic (exact) mass is 337 g/mol. The van der Waals surface area contributed by atoms with Crippen molar-refractivity contribution in [2.45, 2.75) is 11.0 Å². The highest BCUT2D eigenvalue weighted by Gasteiger charge is 2.36. The lowest BCUT2D eigenvalue weighted by molar-refractivity contribution is -0.157. The van der Waals surface area contributed by atoms with Crippen LogP contribution in [0, 0.1) is 5.82 Å². The zero-order valence-electron chi connectivity index (χ0n) is 11.1. The highest BCUT2D eigenvalue weighted by molar-refractivity contribution is 7.89. The maximum absolute atomic E-state index is 13.9. The second-order valence-corrected chi connectivity index (χ2v) is 6.61. The first-order valence-corrected chi connectivity index (χ1v) is 7.83. The lowest BCUT2D eigenvalue weighted by Gasteiger charge is -2.30. The number of rotatable bonds is 3. The molecule has 1 aromatic carbocycles. The molecule has 1 aliphatic heterocycles. The summed E-state index contributed by atoms with van der Waals surface area (Å²) in [5.41, 5.74) is 0. The van der Waals surface area contributed by atoms with Crippen molar-refractivity contribution in [3.63, 3.8) is 0 Å². The molecule has 6 nitrogen and oxygen atoms in total. The molecule has 0 N–H and O–H groups in total. The van der Waals surface area contributed by atoms with Gasteiger partial charge in [-0.2, -0.15) is 4.31 Å². The molecular weight excluding hydrogens is 325 g/mol. The van der Waals surface area contributed by atoms with Crippen molar-refractivity contribution in [3.8, 4) is 0 Å². The molecule has 2 rings (SSSR count). The molecular formula is C12H13ClFNO5S. The van der Waals surface area contributed by atoms with Gasteiger partial charge in [0.15, 0.2) is 11.9 Å². The third-order valence-corrected chi connectivity index (χ3v) is 5.20. The fourth-order valence-corrected chi connectivity index (χ4v) is 3.68. The Kier molecular flexibility index (Phi) is 4.82. The van der Waals surface area contributed by atoms with Crippen LogP contribution in [0.4, 0.5) is 4.39 Å². The van der Waals surface area contributed by atoms with Crippen LogP contribution in [-0.2, 0) is 24.3 Å². The number of methoxy groups -OCH3 is 1. The van der Waals surface area contributed by atoms with Crippen LogP contribution in [0.1, 0.15) is 0 Å². The zero-order valence-corrected chi connectivity index (χ0v) is 12.7. The van der Waals surface area contributed by atoms with E-state index in [1.165, 1.54) is 19.2 Å². The molecule has 0 aliphatic carbocycles. The topological polar surface area (TPSA) is 72.9 Å². The van der Waals surface area contributed by atoms with Crippen LogP contribution >= 0.6 is 11.6 Å². The molecule has 1 aromatic rings. The van der Waals surface area contributed by atoms with E-state index >= 15 is 0 Å². The summed E-state index contributed by atoms with van der Waals surface area (Å²) in [6.45, 7) is -0.204. The van der Waals surface area contributed by atoms with Gasteiger partial charge < -0.3 is 9.47 Å². The molecule has 1 saturated heterocycles. The minimum atomic E-state index is -4.10. The van der Waals surface area contributed by atoms with Crippen molar-refractivity contribution < 1.29 is 27.1 Å². The van der Waals surface area contributed by atoms with E-state index in [0.717, 1.165) is 10.4 Å². The van der Waals surface area contributed by atoms with E-state index in [0.29, 0.717) is 0 Å². The number of hydrogen-bond acceptors (Lipinski definition) is 5. The predicted molar refractivity (Wildman–Crippen MR) is 71.9 cm³/mol. The Morgan fingerprint density at radius 1 is 1.52 bits per heavy atom. The molecule has 0 spiro atoms. The van der Waals surface area contributed by atoms with Crippen LogP contribution in [0.2, 0.25) is 5.02 Å². The van der Waals surface area contributed by atoms with Gasteiger partial charge in [0.05, 0.1) is 25.3 Å². The summed E-state index contributed by atoms with van der Waals surface area (Å²) < 4.78 is 49.4. The van der Waals surface area contributed by atoms with Crippen LogP contribution in [-0.4, -0.2) is 51.6 Å². The van der Waals surface area contributed by atoms with E-state index in [1.54, 1.807) is 0 Å². The minimum Gasteiger partial charge on any atom is -0.467 e. The van der Waals surface area contributed by atoms with E-state index in [9.17, 15) is 17.6 Å². The van der Waals surface area contributed by atoms with Gasteiger partial charge in [-0.1, -0.05) is 17.7 Å². The van der Waals surface area contributed by atoms with Gasteiger partial charge in [0.2, 0.25) is 10.0 Å². The summed E-state index contributed by atoms with van der Waals surface area (Å²) in [6.07, 6.45) is -1.03. The van der Waals surface area contributed by atoms with Crippen LogP contribution < -0.4 is 0 Å². The SMILES string of the molecule is COC(=O)C1CN(S(=O)(=O)c2cccc(Cl)c2F)CCO1. The molecule has 9 heteroatoms. The lowest BCUT2D eigenvalue weighted by atomic mass is 10.3. The summed E-state index contributed by atoms with van der Waals surface area (Å²) in [4.78, 5) is 10.9. The van der Waals surface area contributed by atoms with Crippen molar-refractivity contribution in [2.75, 3.05) is 26.8 Å². The van der Waals surface area contributed by atoms with Gasteiger partial charge in [-0.3, -0.25) is 0 Å². The number of halogens is 2. The third kappa shape index (κ3) is 3.18. The third-order valence-electron chi connectivity index (χ3n) is 3.03. The second-order valence-electron chi connectivity index (χ2n) is 4.30. The van der Waals surface area contributed by atoms with E-state index in [4.69, 9.17) is 16.3 Å². The van der Waals surface area contributed by atoms with Crippen LogP contribution in [0.5, 0.6) is 0 Å². The van der Waals surface area contributed by atoms with Gasteiger partial charge in [0, 0.05) is 6.54 Å². The van der Waals surface area contributed by atoms with Crippen molar-refractivity contribution in [2.24, 2.45) is 0 Å². The van der Waals surface area contributed by atoms with Gasteiger partial charge in [-0.25, -0.2) is 17.6 Å². The number of esters is 1. The number of sulfonamides is 1. The van der Waals surface area contributed by atoms with Crippen LogP contribution in [0.25, 0.3) is 0 Å². The summed E-state index contributed by atoms with van der Waals surface area (Å²) in [6, 6.07) is 3.72. The van der Waals surface area contributed by atoms with Gasteiger partial charge >= 0.3 is 5.97 Å². The normalized spacial score (nSPS) is 20.2. The zero-order chi connectivity index (χ0) is 15.6. The minimum absolute atomic E-state index is 0.0151. The lowest BCUT2D eigenvalue weighted by Crippen LogP contribution is -2.48. The molecule has 0 saturated carbocycles. The van der Waals surface area contributed by atoms with Crippen molar-refractivity contribution in [3.05, 3.63) is 29.0 Å². The Morgan fingerprint density at radius 2 is 2.24 bits per heavy atom. The highest BCUT2D eigenvalue weighted by Crippen LogP contribution is 2.26. The van der Waals surface area contributed by atoms with Crippen molar-refractivity contribution in [1.82, 2.24) is 4.31 Å². The van der Waals surface area contributed by atoms with E-state index in [-0.39, 0.29) is 24.7 Å². The Hall–Kier alpha value is -1.22. The molecule has 1 aliphatic rings. The molecule has 1 fully saturated rings. The molecule has 0 bridgehead atoms. The van der Waals surface area contributed by atoms with E-state index in [2.05, 4.69) is 4.74 Å². The molecule has 1 atom stereocenters. The number of morpholine rings is 1. The Bertz CT molecular complexity index is 651. The van der Waals surface area contributed by atoms with Gasteiger partial charge in [-0.15, -0.1) is 0 Å². The average molecular weight is 338 g/mol. The quantitative estimate of drug-likeness (QED) is 0.771. The number of hydrogen-bond donors (Lipinski definition) is 0. The Balaban J connectivity index is 2.31. The standard InChI is InChI=1S/C12H13ClFNO5S/c1-19-12(16)9-7-15(5-6-20-9)21(17,18)10-4-2-3-8(13)11(10)14/h2-4,9H,5-7H2,1H3. The molecule has 1 unspecified atom stereocenters. The number of ether oxygens (including phenoxy) is 2. The average Bonchev–Trinajstić information content (AvgIpc) is 2.49. The highest BCUT2D eigenvalue weighted by atomic mass is 35.5. The summed E-state index contributed by atoms with van der Waals surface area (Å²) >= 11 is 5.60. The van der Waals surface area contributed by atoms with Gasteiger partial charge in [0.1, 0.15) is 4.90 Å².